The number of ether oxygens (including phenoxy) is 1. The third kappa shape index (κ3) is 3.09. The Bertz CT molecular complexity index is 422. The fourth-order valence-corrected chi connectivity index (χ4v) is 1.20. The Morgan fingerprint density at radius 2 is 2.31 bits per heavy atom. The molecule has 86 valence electrons. The molecule has 0 aromatic heterocycles. The van der Waals surface area contributed by atoms with Crippen LogP contribution in [0.3, 0.4) is 0 Å². The Balaban J connectivity index is 2.79. The van der Waals surface area contributed by atoms with Crippen molar-refractivity contribution in [2.75, 3.05) is 7.05 Å². The summed E-state index contributed by atoms with van der Waals surface area (Å²) in [7, 11) is 1.42. The molecule has 0 atom stereocenters. The highest BCUT2D eigenvalue weighted by Crippen LogP contribution is 2.25. The van der Waals surface area contributed by atoms with Gasteiger partial charge in [0.25, 0.3) is 5.69 Å². The number of amides is 1. The number of carbonyl (C=O) groups excluding carboxylic acids is 1. The first-order chi connectivity index (χ1) is 7.54. The number of halogens is 1. The summed E-state index contributed by atoms with van der Waals surface area (Å²) in [5.74, 6) is 0. The zero-order chi connectivity index (χ0) is 12.1. The molecule has 6 nitrogen and oxygen atoms in total. The van der Waals surface area contributed by atoms with E-state index in [4.69, 9.17) is 16.3 Å². The first-order valence-electron chi connectivity index (χ1n) is 4.32. The fraction of sp³-hybridized carbons (Fsp3) is 0.222. The van der Waals surface area contributed by atoms with Crippen molar-refractivity contribution in [2.45, 2.75) is 6.61 Å². The van der Waals surface area contributed by atoms with Gasteiger partial charge in [0.05, 0.1) is 4.92 Å². The molecule has 0 heterocycles. The minimum absolute atomic E-state index is 0.0440. The standard InChI is InChI=1S/C9H9ClN2O4/c1-11-9(13)16-5-6-2-3-7(10)8(4-6)12(14)15/h2-4H,5H2,1H3,(H,11,13). The molecular weight excluding hydrogens is 236 g/mol. The van der Waals surface area contributed by atoms with Gasteiger partial charge in [0, 0.05) is 13.1 Å². The van der Waals surface area contributed by atoms with Gasteiger partial charge in [-0.2, -0.15) is 0 Å². The number of nitro groups is 1. The summed E-state index contributed by atoms with van der Waals surface area (Å²) in [6, 6.07) is 4.21. The number of nitrogens with zero attached hydrogens (tertiary/aromatic N) is 1. The average molecular weight is 245 g/mol. The van der Waals surface area contributed by atoms with Crippen LogP contribution in [0.25, 0.3) is 0 Å². The highest BCUT2D eigenvalue weighted by Gasteiger charge is 2.13. The molecule has 7 heteroatoms. The number of rotatable bonds is 3. The van der Waals surface area contributed by atoms with E-state index in [-0.39, 0.29) is 17.3 Å². The topological polar surface area (TPSA) is 81.5 Å². The molecule has 1 aromatic rings. The van der Waals surface area contributed by atoms with Crippen molar-refractivity contribution in [3.05, 3.63) is 38.9 Å². The van der Waals surface area contributed by atoms with E-state index in [0.717, 1.165) is 0 Å². The third-order valence-electron chi connectivity index (χ3n) is 1.78. The van der Waals surface area contributed by atoms with Crippen molar-refractivity contribution >= 4 is 23.4 Å². The first-order valence-corrected chi connectivity index (χ1v) is 4.69. The molecule has 0 spiro atoms. The number of benzene rings is 1. The normalized spacial score (nSPS) is 9.62. The molecule has 0 bridgehead atoms. The van der Waals surface area contributed by atoms with Crippen molar-refractivity contribution in [1.82, 2.24) is 5.32 Å². The molecule has 0 saturated carbocycles. The quantitative estimate of drug-likeness (QED) is 0.652. The van der Waals surface area contributed by atoms with E-state index >= 15 is 0 Å². The second kappa shape index (κ2) is 5.32. The Morgan fingerprint density at radius 3 is 2.88 bits per heavy atom. The van der Waals surface area contributed by atoms with Crippen LogP contribution in [0.5, 0.6) is 0 Å². The molecule has 0 radical (unpaired) electrons. The van der Waals surface area contributed by atoms with E-state index in [0.29, 0.717) is 5.56 Å². The lowest BCUT2D eigenvalue weighted by Crippen LogP contribution is -2.18. The summed E-state index contributed by atoms with van der Waals surface area (Å²) in [5, 5.41) is 12.9. The molecule has 1 aromatic carbocycles. The number of hydrogen-bond acceptors (Lipinski definition) is 4. The lowest BCUT2D eigenvalue weighted by atomic mass is 10.2. The van der Waals surface area contributed by atoms with Crippen LogP contribution >= 0.6 is 11.6 Å². The van der Waals surface area contributed by atoms with Gasteiger partial charge in [0.2, 0.25) is 0 Å². The molecule has 0 unspecified atom stereocenters. The number of carbonyl (C=O) groups is 1. The Hall–Kier alpha value is -1.82. The molecule has 1 rings (SSSR count). The van der Waals surface area contributed by atoms with E-state index in [1.807, 2.05) is 0 Å². The van der Waals surface area contributed by atoms with Crippen LogP contribution in [0.4, 0.5) is 10.5 Å². The SMILES string of the molecule is CNC(=O)OCc1ccc(Cl)c([N+](=O)[O-])c1. The van der Waals surface area contributed by atoms with Crippen molar-refractivity contribution in [2.24, 2.45) is 0 Å². The Kier molecular flexibility index (Phi) is 4.07. The number of nitrogens with one attached hydrogen (secondary N) is 1. The highest BCUT2D eigenvalue weighted by atomic mass is 35.5. The summed E-state index contributed by atoms with van der Waals surface area (Å²) < 4.78 is 4.74. The van der Waals surface area contributed by atoms with Crippen LogP contribution in [0.2, 0.25) is 5.02 Å². The van der Waals surface area contributed by atoms with Crippen molar-refractivity contribution in [3.8, 4) is 0 Å². The predicted octanol–water partition coefficient (Wildman–Crippen LogP) is 2.10. The second-order valence-corrected chi connectivity index (χ2v) is 3.28. The molecule has 0 fully saturated rings. The van der Waals surface area contributed by atoms with Gasteiger partial charge in [-0.3, -0.25) is 10.1 Å². The summed E-state index contributed by atoms with van der Waals surface area (Å²) in [6.45, 7) is -0.0440. The van der Waals surface area contributed by atoms with Gasteiger partial charge in [0.15, 0.2) is 0 Å². The van der Waals surface area contributed by atoms with E-state index < -0.39 is 11.0 Å². The smallest absolute Gasteiger partial charge is 0.407 e. The van der Waals surface area contributed by atoms with Crippen LogP contribution in [-0.4, -0.2) is 18.1 Å². The van der Waals surface area contributed by atoms with Crippen LogP contribution in [-0.2, 0) is 11.3 Å². The van der Waals surface area contributed by atoms with Gasteiger partial charge in [-0.15, -0.1) is 0 Å². The zero-order valence-electron chi connectivity index (χ0n) is 8.40. The zero-order valence-corrected chi connectivity index (χ0v) is 9.15. The summed E-state index contributed by atoms with van der Waals surface area (Å²) in [6.07, 6.45) is -0.599. The van der Waals surface area contributed by atoms with E-state index in [1.54, 1.807) is 6.07 Å². The number of nitro benzene ring substituents is 1. The van der Waals surface area contributed by atoms with Crippen LogP contribution in [0.1, 0.15) is 5.56 Å². The van der Waals surface area contributed by atoms with Gasteiger partial charge in [-0.25, -0.2) is 4.79 Å². The van der Waals surface area contributed by atoms with E-state index in [1.165, 1.54) is 19.2 Å². The van der Waals surface area contributed by atoms with Gasteiger partial charge >= 0.3 is 6.09 Å². The Morgan fingerprint density at radius 1 is 1.62 bits per heavy atom. The van der Waals surface area contributed by atoms with E-state index in [9.17, 15) is 14.9 Å². The maximum atomic E-state index is 10.8. The third-order valence-corrected chi connectivity index (χ3v) is 2.10. The lowest BCUT2D eigenvalue weighted by Gasteiger charge is -2.04. The molecule has 0 saturated heterocycles. The van der Waals surface area contributed by atoms with E-state index in [2.05, 4.69) is 5.32 Å². The average Bonchev–Trinajstić information content (AvgIpc) is 2.27. The van der Waals surface area contributed by atoms with Gasteiger partial charge < -0.3 is 10.1 Å². The highest BCUT2D eigenvalue weighted by molar-refractivity contribution is 6.32. The van der Waals surface area contributed by atoms with Crippen LogP contribution in [0, 0.1) is 10.1 Å². The fourth-order valence-electron chi connectivity index (χ4n) is 1.01. The second-order valence-electron chi connectivity index (χ2n) is 2.87. The molecule has 0 aliphatic rings. The molecule has 1 N–H and O–H groups in total. The molecule has 16 heavy (non-hydrogen) atoms. The van der Waals surface area contributed by atoms with Crippen molar-refractivity contribution in [1.29, 1.82) is 0 Å². The van der Waals surface area contributed by atoms with Gasteiger partial charge in [0.1, 0.15) is 11.6 Å². The largest absolute Gasteiger partial charge is 0.445 e. The van der Waals surface area contributed by atoms with Crippen LogP contribution in [0.15, 0.2) is 18.2 Å². The van der Waals surface area contributed by atoms with Gasteiger partial charge in [-0.1, -0.05) is 17.7 Å². The van der Waals surface area contributed by atoms with Crippen LogP contribution < -0.4 is 5.32 Å². The monoisotopic (exact) mass is 244 g/mol. The molecular formula is C9H9ClN2O4. The van der Waals surface area contributed by atoms with Gasteiger partial charge in [-0.05, 0) is 11.6 Å². The molecule has 0 aliphatic carbocycles. The predicted molar refractivity (Wildman–Crippen MR) is 57.4 cm³/mol. The summed E-state index contributed by atoms with van der Waals surface area (Å²) in [5.41, 5.74) is 0.291. The summed E-state index contributed by atoms with van der Waals surface area (Å²) in [4.78, 5) is 20.8. The minimum Gasteiger partial charge on any atom is -0.445 e. The number of hydrogen-bond donors (Lipinski definition) is 1. The minimum atomic E-state index is -0.599. The van der Waals surface area contributed by atoms with Crippen molar-refractivity contribution in [3.63, 3.8) is 0 Å². The first kappa shape index (κ1) is 12.3. The lowest BCUT2D eigenvalue weighted by molar-refractivity contribution is -0.384. The molecule has 0 aliphatic heterocycles. The summed E-state index contributed by atoms with van der Waals surface area (Å²) >= 11 is 5.62. The maximum absolute atomic E-state index is 10.8. The molecule has 1 amide bonds. The Labute approximate surface area is 96.3 Å². The maximum Gasteiger partial charge on any atom is 0.407 e. The number of alkyl carbamates (subject to hydrolysis) is 1. The van der Waals surface area contributed by atoms with Crippen molar-refractivity contribution < 1.29 is 14.5 Å².